The van der Waals surface area contributed by atoms with E-state index in [1.165, 1.54) is 11.1 Å². The molecule has 2 aliphatic heterocycles. The molecule has 0 radical (unpaired) electrons. The molecule has 4 atom stereocenters. The molecule has 18 nitrogen and oxygen atoms in total. The Kier molecular flexibility index (Phi) is 22.4. The standard InChI is InChI=1S/2C30H35NO6.C2H2O4/c2*1-20(30(32)37-19-21-9-7-6-8-10-21)31-14-13-23-17-28(35-4)29(36-5)18-24(23)25(31)15-22-11-12-26(33-2)27(16-22)34-3;3-1(4)2(5)6/h2*6-12,16-18,20,25H,13-15,19H2,1-5H3;(H,3,4)(H,5,6)/t2*20?,25-;/m11./s1. The van der Waals surface area contributed by atoms with Gasteiger partial charge in [-0.2, -0.15) is 0 Å². The van der Waals surface area contributed by atoms with Gasteiger partial charge in [-0.15, -0.1) is 0 Å². The van der Waals surface area contributed by atoms with E-state index in [0.717, 1.165) is 46.2 Å². The number of methoxy groups -OCH3 is 8. The fourth-order valence-corrected chi connectivity index (χ4v) is 9.91. The fourth-order valence-electron chi connectivity index (χ4n) is 9.91. The highest BCUT2D eigenvalue weighted by Crippen LogP contribution is 2.43. The number of carbonyl (C=O) groups excluding carboxylic acids is 2. The summed E-state index contributed by atoms with van der Waals surface area (Å²) in [5, 5.41) is 14.8. The minimum Gasteiger partial charge on any atom is -0.493 e. The second-order valence-electron chi connectivity index (χ2n) is 18.8. The number of nitrogens with zero attached hydrogens (tertiary/aromatic N) is 2. The van der Waals surface area contributed by atoms with E-state index in [9.17, 15) is 9.59 Å². The van der Waals surface area contributed by atoms with Gasteiger partial charge in [0.25, 0.3) is 0 Å². The molecule has 18 heteroatoms. The van der Waals surface area contributed by atoms with Crippen LogP contribution in [0.1, 0.15) is 70.4 Å². The Labute approximate surface area is 467 Å². The number of rotatable bonds is 20. The van der Waals surface area contributed by atoms with Crippen LogP contribution in [0.15, 0.2) is 121 Å². The van der Waals surface area contributed by atoms with Crippen molar-refractivity contribution in [2.75, 3.05) is 70.0 Å². The fraction of sp³-hybridized carbons (Fsp3) is 0.355. The van der Waals surface area contributed by atoms with Crippen LogP contribution in [0.2, 0.25) is 0 Å². The summed E-state index contributed by atoms with van der Waals surface area (Å²) in [5.41, 5.74) is 8.66. The molecule has 2 N–H and O–H groups in total. The smallest absolute Gasteiger partial charge is 0.414 e. The Morgan fingerprint density at radius 1 is 0.425 bits per heavy atom. The molecule has 2 unspecified atom stereocenters. The molecule has 0 aromatic heterocycles. The van der Waals surface area contributed by atoms with Crippen molar-refractivity contribution in [2.24, 2.45) is 0 Å². The summed E-state index contributed by atoms with van der Waals surface area (Å²) >= 11 is 0. The Balaban J connectivity index is 0.000000234. The molecular formula is C62H72N2O16. The predicted molar refractivity (Wildman–Crippen MR) is 299 cm³/mol. The average Bonchev–Trinajstić information content (AvgIpc) is 3.53. The molecule has 0 fully saturated rings. The molecular weight excluding hydrogens is 1030 g/mol. The maximum Gasteiger partial charge on any atom is 0.414 e. The number of carboxylic acid groups (broad SMARTS) is 2. The first kappa shape index (κ1) is 60.7. The maximum absolute atomic E-state index is 13.2. The van der Waals surface area contributed by atoms with Crippen LogP contribution in [0.4, 0.5) is 0 Å². The molecule has 0 amide bonds. The summed E-state index contributed by atoms with van der Waals surface area (Å²) in [7, 11) is 13.1. The highest BCUT2D eigenvalue weighted by atomic mass is 16.5. The van der Waals surface area contributed by atoms with Gasteiger partial charge in [-0.05, 0) is 133 Å². The predicted octanol–water partition coefficient (Wildman–Crippen LogP) is 9.15. The van der Waals surface area contributed by atoms with Crippen molar-refractivity contribution in [1.29, 1.82) is 0 Å². The van der Waals surface area contributed by atoms with Gasteiger partial charge in [0.15, 0.2) is 46.0 Å². The number of esters is 2. The van der Waals surface area contributed by atoms with Crippen molar-refractivity contribution < 1.29 is 76.8 Å². The van der Waals surface area contributed by atoms with E-state index in [-0.39, 0.29) is 37.2 Å². The Morgan fingerprint density at radius 2 is 0.738 bits per heavy atom. The van der Waals surface area contributed by atoms with E-state index in [1.807, 2.05) is 135 Å². The third-order valence-electron chi connectivity index (χ3n) is 14.2. The van der Waals surface area contributed by atoms with E-state index >= 15 is 0 Å². The number of fused-ring (bicyclic) bond motifs is 2. The number of carboxylic acids is 2. The van der Waals surface area contributed by atoms with Crippen molar-refractivity contribution in [1.82, 2.24) is 9.80 Å². The van der Waals surface area contributed by atoms with Crippen LogP contribution in [0.3, 0.4) is 0 Å². The third kappa shape index (κ3) is 15.4. The molecule has 6 aromatic rings. The minimum atomic E-state index is -1.82. The van der Waals surface area contributed by atoms with Gasteiger partial charge >= 0.3 is 23.9 Å². The molecule has 0 saturated heterocycles. The van der Waals surface area contributed by atoms with Crippen LogP contribution < -0.4 is 37.9 Å². The first-order chi connectivity index (χ1) is 38.6. The quantitative estimate of drug-likeness (QED) is 0.0540. The Bertz CT molecular complexity index is 2820. The Hall–Kier alpha value is -8.48. The highest BCUT2D eigenvalue weighted by molar-refractivity contribution is 6.27. The molecule has 0 aliphatic carbocycles. The van der Waals surface area contributed by atoms with Crippen molar-refractivity contribution in [3.05, 3.63) is 166 Å². The lowest BCUT2D eigenvalue weighted by Crippen LogP contribution is -2.46. The van der Waals surface area contributed by atoms with Crippen LogP contribution in [0.25, 0.3) is 0 Å². The number of benzene rings is 6. The minimum absolute atomic E-state index is 0.0825. The number of hydrogen-bond donors (Lipinski definition) is 2. The lowest BCUT2D eigenvalue weighted by atomic mass is 9.87. The van der Waals surface area contributed by atoms with Crippen molar-refractivity contribution in [2.45, 2.75) is 76.9 Å². The van der Waals surface area contributed by atoms with Gasteiger partial charge in [0.2, 0.25) is 0 Å². The average molecular weight is 1100 g/mol. The van der Waals surface area contributed by atoms with Crippen LogP contribution in [-0.4, -0.2) is 126 Å². The van der Waals surface area contributed by atoms with Crippen molar-refractivity contribution >= 4 is 23.9 Å². The molecule has 0 spiro atoms. The van der Waals surface area contributed by atoms with Gasteiger partial charge in [-0.25, -0.2) is 9.59 Å². The van der Waals surface area contributed by atoms with E-state index in [4.69, 9.17) is 67.2 Å². The van der Waals surface area contributed by atoms with E-state index in [1.54, 1.807) is 56.9 Å². The van der Waals surface area contributed by atoms with Crippen LogP contribution >= 0.6 is 0 Å². The van der Waals surface area contributed by atoms with Crippen LogP contribution in [0, 0.1) is 0 Å². The largest absolute Gasteiger partial charge is 0.493 e. The zero-order valence-electron chi connectivity index (χ0n) is 47.0. The summed E-state index contributed by atoms with van der Waals surface area (Å²) in [4.78, 5) is 49.0. The van der Waals surface area contributed by atoms with Crippen molar-refractivity contribution in [3.63, 3.8) is 0 Å². The Morgan fingerprint density at radius 3 is 1.05 bits per heavy atom. The van der Waals surface area contributed by atoms with Gasteiger partial charge < -0.3 is 57.6 Å². The molecule has 2 aliphatic rings. The highest BCUT2D eigenvalue weighted by Gasteiger charge is 2.37. The van der Waals surface area contributed by atoms with Gasteiger partial charge in [0.05, 0.1) is 56.9 Å². The molecule has 426 valence electrons. The number of ether oxygens (including phenoxy) is 10. The van der Waals surface area contributed by atoms with Crippen molar-refractivity contribution in [3.8, 4) is 46.0 Å². The molecule has 8 rings (SSSR count). The summed E-state index contributed by atoms with van der Waals surface area (Å²) in [5.74, 6) is 1.30. The summed E-state index contributed by atoms with van der Waals surface area (Å²) in [6.07, 6.45) is 2.90. The van der Waals surface area contributed by atoms with Crippen LogP contribution in [-0.2, 0) is 67.5 Å². The summed E-state index contributed by atoms with van der Waals surface area (Å²) < 4.78 is 55.7. The number of hydrogen-bond acceptors (Lipinski definition) is 16. The third-order valence-corrected chi connectivity index (χ3v) is 14.2. The van der Waals surface area contributed by atoms with Crippen LogP contribution in [0.5, 0.6) is 46.0 Å². The second-order valence-corrected chi connectivity index (χ2v) is 18.8. The topological polar surface area (TPSA) is 208 Å². The van der Waals surface area contributed by atoms with Gasteiger partial charge in [-0.3, -0.25) is 19.4 Å². The monoisotopic (exact) mass is 1100 g/mol. The van der Waals surface area contributed by atoms with Gasteiger partial charge in [-0.1, -0.05) is 72.8 Å². The lowest BCUT2D eigenvalue weighted by Gasteiger charge is -2.40. The lowest BCUT2D eigenvalue weighted by molar-refractivity contribution is -0.159. The maximum atomic E-state index is 13.2. The molecule has 80 heavy (non-hydrogen) atoms. The second kappa shape index (κ2) is 29.5. The van der Waals surface area contributed by atoms with Gasteiger partial charge in [0, 0.05) is 25.2 Å². The molecule has 0 bridgehead atoms. The number of aliphatic carboxylic acids is 2. The normalized spacial score (nSPS) is 15.2. The summed E-state index contributed by atoms with van der Waals surface area (Å²) in [6.45, 7) is 5.76. The first-order valence-corrected chi connectivity index (χ1v) is 25.9. The zero-order chi connectivity index (χ0) is 57.9. The zero-order valence-corrected chi connectivity index (χ0v) is 47.0. The molecule has 6 aromatic carbocycles. The summed E-state index contributed by atoms with van der Waals surface area (Å²) in [6, 6.07) is 38.5. The van der Waals surface area contributed by atoms with E-state index < -0.39 is 24.0 Å². The van der Waals surface area contributed by atoms with Gasteiger partial charge in [0.1, 0.15) is 25.3 Å². The van der Waals surface area contributed by atoms with E-state index in [2.05, 4.69) is 9.80 Å². The molecule has 0 saturated carbocycles. The van der Waals surface area contributed by atoms with E-state index in [0.29, 0.717) is 71.9 Å². The number of carbonyl (C=O) groups is 4. The SMILES string of the molecule is COc1ccc(C[C@@H]2c3cc(OC)c(OC)cc3CCN2C(C)C(=O)OCc2ccccc2)cc1OC.COc1ccc(C[C@@H]2c3cc(OC)c(OC)cc3CCN2C(C)C(=O)OCc2ccccc2)cc1OC.O=C(O)C(=O)O. The first-order valence-electron chi connectivity index (χ1n) is 25.9. The molecule has 2 heterocycles.